The minimum atomic E-state index is -2.86. The van der Waals surface area contributed by atoms with Crippen LogP contribution in [0.5, 0.6) is 5.75 Å². The number of carbonyl (C=O) groups is 1. The quantitative estimate of drug-likeness (QED) is 0.877. The minimum Gasteiger partial charge on any atom is -0.435 e. The zero-order valence-electron chi connectivity index (χ0n) is 11.9. The molecule has 0 bridgehead atoms. The summed E-state index contributed by atoms with van der Waals surface area (Å²) in [7, 11) is 0. The van der Waals surface area contributed by atoms with Gasteiger partial charge in [-0.1, -0.05) is 6.92 Å². The summed E-state index contributed by atoms with van der Waals surface area (Å²) in [5.74, 6) is 0.364. The Morgan fingerprint density at radius 1 is 1.43 bits per heavy atom. The van der Waals surface area contributed by atoms with Gasteiger partial charge < -0.3 is 15.4 Å². The molecule has 2 rings (SSSR count). The lowest BCUT2D eigenvalue weighted by molar-refractivity contribution is -0.0498. The predicted octanol–water partition coefficient (Wildman–Crippen LogP) is 2.41. The van der Waals surface area contributed by atoms with Crippen molar-refractivity contribution in [2.24, 2.45) is 5.92 Å². The van der Waals surface area contributed by atoms with Crippen molar-refractivity contribution in [2.45, 2.75) is 32.4 Å². The molecule has 1 aromatic carbocycles. The van der Waals surface area contributed by atoms with Crippen molar-refractivity contribution >= 4 is 5.91 Å². The summed E-state index contributed by atoms with van der Waals surface area (Å²) in [5, 5.41) is 6.26. The van der Waals surface area contributed by atoms with Crippen molar-refractivity contribution < 1.29 is 18.3 Å². The van der Waals surface area contributed by atoms with Crippen LogP contribution in [0.3, 0.4) is 0 Å². The molecule has 116 valence electrons. The summed E-state index contributed by atoms with van der Waals surface area (Å²) in [6.07, 6.45) is 2.32. The first kappa shape index (κ1) is 15.7. The van der Waals surface area contributed by atoms with E-state index >= 15 is 0 Å². The maximum atomic E-state index is 12.0. The topological polar surface area (TPSA) is 50.4 Å². The Kier molecular flexibility index (Phi) is 5.50. The predicted molar refractivity (Wildman–Crippen MR) is 75.6 cm³/mol. The third kappa shape index (κ3) is 4.67. The maximum Gasteiger partial charge on any atom is 0.387 e. The first-order chi connectivity index (χ1) is 10.1. The van der Waals surface area contributed by atoms with Gasteiger partial charge in [-0.05, 0) is 49.6 Å². The van der Waals surface area contributed by atoms with E-state index in [1.807, 2.05) is 0 Å². The molecule has 0 spiro atoms. The average Bonchev–Trinajstić information content (AvgIpc) is 2.46. The summed E-state index contributed by atoms with van der Waals surface area (Å²) < 4.78 is 28.3. The molecule has 1 aromatic rings. The highest BCUT2D eigenvalue weighted by Crippen LogP contribution is 2.16. The molecular weight excluding hydrogens is 278 g/mol. The van der Waals surface area contributed by atoms with Gasteiger partial charge in [0.1, 0.15) is 5.75 Å². The van der Waals surface area contributed by atoms with Gasteiger partial charge in [-0.15, -0.1) is 0 Å². The van der Waals surface area contributed by atoms with Crippen LogP contribution in [0.4, 0.5) is 8.78 Å². The Labute approximate surface area is 122 Å². The molecule has 1 saturated heterocycles. The number of halogens is 2. The number of alkyl halides is 2. The normalized spacial score (nSPS) is 22.1. The van der Waals surface area contributed by atoms with Crippen molar-refractivity contribution in [3.05, 3.63) is 29.8 Å². The van der Waals surface area contributed by atoms with Crippen LogP contribution in [0.1, 0.15) is 30.1 Å². The Bertz CT molecular complexity index is 465. The molecule has 1 amide bonds. The van der Waals surface area contributed by atoms with Gasteiger partial charge in [0, 0.05) is 18.2 Å². The Morgan fingerprint density at radius 3 is 2.76 bits per heavy atom. The second-order valence-corrected chi connectivity index (χ2v) is 5.29. The van der Waals surface area contributed by atoms with Crippen molar-refractivity contribution in [3.63, 3.8) is 0 Å². The maximum absolute atomic E-state index is 12.0. The molecule has 1 heterocycles. The molecule has 0 saturated carbocycles. The van der Waals surface area contributed by atoms with E-state index in [-0.39, 0.29) is 17.7 Å². The van der Waals surface area contributed by atoms with Gasteiger partial charge in [0.25, 0.3) is 5.91 Å². The number of carbonyl (C=O) groups excluding carboxylic acids is 1. The van der Waals surface area contributed by atoms with Crippen LogP contribution < -0.4 is 15.4 Å². The van der Waals surface area contributed by atoms with Crippen molar-refractivity contribution in [3.8, 4) is 5.75 Å². The van der Waals surface area contributed by atoms with Crippen LogP contribution in [0.2, 0.25) is 0 Å². The zero-order valence-corrected chi connectivity index (χ0v) is 11.9. The minimum absolute atomic E-state index is 0.0455. The molecule has 0 radical (unpaired) electrons. The molecule has 2 unspecified atom stereocenters. The number of hydrogen-bond donors (Lipinski definition) is 2. The Morgan fingerprint density at radius 2 is 2.14 bits per heavy atom. The van der Waals surface area contributed by atoms with Gasteiger partial charge in [0.15, 0.2) is 0 Å². The van der Waals surface area contributed by atoms with E-state index < -0.39 is 6.61 Å². The SMILES string of the molecule is CC1CCCNC1CNC(=O)c1ccc(OC(F)F)cc1. The van der Waals surface area contributed by atoms with Crippen molar-refractivity contribution in [2.75, 3.05) is 13.1 Å². The van der Waals surface area contributed by atoms with E-state index in [2.05, 4.69) is 22.3 Å². The molecule has 2 N–H and O–H groups in total. The zero-order chi connectivity index (χ0) is 15.2. The summed E-state index contributed by atoms with van der Waals surface area (Å²) in [4.78, 5) is 12.0. The summed E-state index contributed by atoms with van der Waals surface area (Å²) in [6.45, 7) is 0.850. The number of ether oxygens (including phenoxy) is 1. The average molecular weight is 298 g/mol. The van der Waals surface area contributed by atoms with E-state index in [1.165, 1.54) is 24.3 Å². The smallest absolute Gasteiger partial charge is 0.387 e. The number of benzene rings is 1. The van der Waals surface area contributed by atoms with E-state index in [0.717, 1.165) is 19.4 Å². The molecule has 1 fully saturated rings. The molecule has 0 aromatic heterocycles. The summed E-state index contributed by atoms with van der Waals surface area (Å²) >= 11 is 0. The second-order valence-electron chi connectivity index (χ2n) is 5.29. The fourth-order valence-electron chi connectivity index (χ4n) is 2.48. The first-order valence-corrected chi connectivity index (χ1v) is 7.12. The van der Waals surface area contributed by atoms with Crippen LogP contribution in [0.25, 0.3) is 0 Å². The standard InChI is InChI=1S/C15H20F2N2O2/c1-10-3-2-8-18-13(10)9-19-14(20)11-4-6-12(7-5-11)21-15(16)17/h4-7,10,13,15,18H,2-3,8-9H2,1H3,(H,19,20). The van der Waals surface area contributed by atoms with Gasteiger partial charge in [-0.2, -0.15) is 8.78 Å². The number of hydrogen-bond acceptors (Lipinski definition) is 3. The Balaban J connectivity index is 1.85. The lowest BCUT2D eigenvalue weighted by Crippen LogP contribution is -2.47. The van der Waals surface area contributed by atoms with Crippen molar-refractivity contribution in [1.82, 2.24) is 10.6 Å². The number of amides is 1. The molecule has 4 nitrogen and oxygen atoms in total. The fraction of sp³-hybridized carbons (Fsp3) is 0.533. The molecule has 0 aliphatic carbocycles. The third-order valence-electron chi connectivity index (χ3n) is 3.75. The van der Waals surface area contributed by atoms with Crippen LogP contribution in [0, 0.1) is 5.92 Å². The van der Waals surface area contributed by atoms with Crippen LogP contribution >= 0.6 is 0 Å². The summed E-state index contributed by atoms with van der Waals surface area (Å²) in [6, 6.07) is 5.96. The van der Waals surface area contributed by atoms with Crippen molar-refractivity contribution in [1.29, 1.82) is 0 Å². The van der Waals surface area contributed by atoms with Gasteiger partial charge in [-0.3, -0.25) is 4.79 Å². The fourth-order valence-corrected chi connectivity index (χ4v) is 2.48. The van der Waals surface area contributed by atoms with Gasteiger partial charge in [0.05, 0.1) is 0 Å². The van der Waals surface area contributed by atoms with Crippen LogP contribution in [-0.2, 0) is 0 Å². The molecule has 21 heavy (non-hydrogen) atoms. The molecule has 1 aliphatic heterocycles. The summed E-state index contributed by atoms with van der Waals surface area (Å²) in [5.41, 5.74) is 0.431. The molecule has 6 heteroatoms. The highest BCUT2D eigenvalue weighted by Gasteiger charge is 2.21. The van der Waals surface area contributed by atoms with E-state index in [1.54, 1.807) is 0 Å². The lowest BCUT2D eigenvalue weighted by Gasteiger charge is -2.30. The molecule has 1 aliphatic rings. The largest absolute Gasteiger partial charge is 0.435 e. The lowest BCUT2D eigenvalue weighted by atomic mass is 9.93. The number of nitrogens with one attached hydrogen (secondary N) is 2. The van der Waals surface area contributed by atoms with E-state index in [0.29, 0.717) is 18.0 Å². The Hall–Kier alpha value is -1.69. The van der Waals surface area contributed by atoms with Gasteiger partial charge >= 0.3 is 6.61 Å². The third-order valence-corrected chi connectivity index (χ3v) is 3.75. The van der Waals surface area contributed by atoms with E-state index in [9.17, 15) is 13.6 Å². The van der Waals surface area contributed by atoms with Gasteiger partial charge in [0.2, 0.25) is 0 Å². The molecule has 2 atom stereocenters. The van der Waals surface area contributed by atoms with E-state index in [4.69, 9.17) is 0 Å². The first-order valence-electron chi connectivity index (χ1n) is 7.12. The number of rotatable bonds is 5. The van der Waals surface area contributed by atoms with Crippen LogP contribution in [-0.4, -0.2) is 31.7 Å². The highest BCUT2D eigenvalue weighted by molar-refractivity contribution is 5.94. The van der Waals surface area contributed by atoms with Gasteiger partial charge in [-0.25, -0.2) is 0 Å². The second kappa shape index (κ2) is 7.36. The molecular formula is C15H20F2N2O2. The highest BCUT2D eigenvalue weighted by atomic mass is 19.3. The van der Waals surface area contributed by atoms with Crippen LogP contribution in [0.15, 0.2) is 24.3 Å². The monoisotopic (exact) mass is 298 g/mol. The number of piperidine rings is 1.